The van der Waals surface area contributed by atoms with Gasteiger partial charge in [-0.25, -0.2) is 4.39 Å². The summed E-state index contributed by atoms with van der Waals surface area (Å²) in [7, 11) is 0. The third-order valence-electron chi connectivity index (χ3n) is 2.83. The van der Waals surface area contributed by atoms with Gasteiger partial charge in [-0.15, -0.1) is 0 Å². The number of rotatable bonds is 6. The van der Waals surface area contributed by atoms with Crippen molar-refractivity contribution >= 4 is 11.6 Å². The summed E-state index contributed by atoms with van der Waals surface area (Å²) in [5.41, 5.74) is 0.981. The van der Waals surface area contributed by atoms with Crippen molar-refractivity contribution in [2.75, 3.05) is 0 Å². The fourth-order valence-corrected chi connectivity index (χ4v) is 2.07. The molecule has 0 bridgehead atoms. The Morgan fingerprint density at radius 2 is 1.76 bits per heavy atom. The van der Waals surface area contributed by atoms with Crippen molar-refractivity contribution in [3.8, 4) is 5.75 Å². The molecule has 0 aliphatic carbocycles. The Hall–Kier alpha value is -1.72. The first kappa shape index (κ1) is 15.7. The molecule has 0 fully saturated rings. The van der Waals surface area contributed by atoms with Crippen LogP contribution in [0.4, 0.5) is 13.2 Å². The van der Waals surface area contributed by atoms with E-state index in [4.69, 9.17) is 11.6 Å². The minimum Gasteiger partial charge on any atom is -0.434 e. The number of halogens is 4. The zero-order chi connectivity index (χ0) is 15.2. The van der Waals surface area contributed by atoms with Crippen LogP contribution in [0, 0.1) is 5.82 Å². The molecular weight excluding hydrogens is 303 g/mol. The molecule has 21 heavy (non-hydrogen) atoms. The first-order valence-electron chi connectivity index (χ1n) is 6.23. The molecule has 1 N–H and O–H groups in total. The van der Waals surface area contributed by atoms with Gasteiger partial charge in [0.15, 0.2) is 0 Å². The highest BCUT2D eigenvalue weighted by Gasteiger charge is 2.10. The lowest BCUT2D eigenvalue weighted by atomic mass is 10.1. The number of ether oxygens (including phenoxy) is 1. The second-order valence-corrected chi connectivity index (χ2v) is 4.76. The Labute approximate surface area is 125 Å². The zero-order valence-corrected chi connectivity index (χ0v) is 11.7. The molecule has 0 heterocycles. The third-order valence-corrected chi connectivity index (χ3v) is 3.06. The van der Waals surface area contributed by atoms with Gasteiger partial charge in [-0.3, -0.25) is 0 Å². The predicted molar refractivity (Wildman–Crippen MR) is 75.0 cm³/mol. The van der Waals surface area contributed by atoms with Crippen LogP contribution in [0.1, 0.15) is 11.1 Å². The molecule has 2 aromatic rings. The lowest BCUT2D eigenvalue weighted by molar-refractivity contribution is -0.0505. The standard InChI is InChI=1S/C15H13ClF3NO/c16-12-5-6-14(21-15(18)19)11(7-12)9-20-8-10-3-1-2-4-13(10)17/h1-7,15,20H,8-9H2. The van der Waals surface area contributed by atoms with Crippen molar-refractivity contribution in [1.29, 1.82) is 0 Å². The maximum atomic E-state index is 13.4. The second kappa shape index (κ2) is 7.33. The van der Waals surface area contributed by atoms with Crippen LogP contribution in [0.2, 0.25) is 5.02 Å². The summed E-state index contributed by atoms with van der Waals surface area (Å²) in [6.45, 7) is -2.40. The Morgan fingerprint density at radius 1 is 1.05 bits per heavy atom. The van der Waals surface area contributed by atoms with Gasteiger partial charge in [0, 0.05) is 29.2 Å². The van der Waals surface area contributed by atoms with E-state index in [2.05, 4.69) is 10.1 Å². The van der Waals surface area contributed by atoms with Gasteiger partial charge in [-0.2, -0.15) is 8.78 Å². The van der Waals surface area contributed by atoms with E-state index in [0.717, 1.165) is 0 Å². The molecule has 0 amide bonds. The molecular formula is C15H13ClF3NO. The van der Waals surface area contributed by atoms with Crippen LogP contribution in [-0.4, -0.2) is 6.61 Å². The molecule has 112 valence electrons. The second-order valence-electron chi connectivity index (χ2n) is 4.33. The number of benzene rings is 2. The SMILES string of the molecule is Fc1ccccc1CNCc1cc(Cl)ccc1OC(F)F. The Morgan fingerprint density at radius 3 is 2.48 bits per heavy atom. The number of nitrogens with one attached hydrogen (secondary N) is 1. The molecule has 0 saturated heterocycles. The van der Waals surface area contributed by atoms with Crippen molar-refractivity contribution in [1.82, 2.24) is 5.32 Å². The summed E-state index contributed by atoms with van der Waals surface area (Å²) in [5.74, 6) is -0.268. The zero-order valence-electron chi connectivity index (χ0n) is 11.0. The van der Waals surface area contributed by atoms with Gasteiger partial charge >= 0.3 is 6.61 Å². The molecule has 0 saturated carbocycles. The molecule has 0 aromatic heterocycles. The summed E-state index contributed by atoms with van der Waals surface area (Å²) in [6.07, 6.45) is 0. The number of hydrogen-bond donors (Lipinski definition) is 1. The Balaban J connectivity index is 2.02. The minimum absolute atomic E-state index is 0.0513. The van der Waals surface area contributed by atoms with Crippen molar-refractivity contribution in [3.05, 3.63) is 64.4 Å². The average molecular weight is 316 g/mol. The van der Waals surface area contributed by atoms with Gasteiger partial charge in [0.05, 0.1) is 0 Å². The van der Waals surface area contributed by atoms with E-state index in [9.17, 15) is 13.2 Å². The minimum atomic E-state index is -2.91. The van der Waals surface area contributed by atoms with Gasteiger partial charge in [0.2, 0.25) is 0 Å². The summed E-state index contributed by atoms with van der Waals surface area (Å²) >= 11 is 5.84. The fourth-order valence-electron chi connectivity index (χ4n) is 1.87. The average Bonchev–Trinajstić information content (AvgIpc) is 2.43. The molecule has 2 rings (SSSR count). The van der Waals surface area contributed by atoms with E-state index in [1.165, 1.54) is 24.3 Å². The van der Waals surface area contributed by atoms with Gasteiger partial charge in [-0.05, 0) is 24.3 Å². The van der Waals surface area contributed by atoms with Crippen molar-refractivity contribution in [3.63, 3.8) is 0 Å². The number of hydrogen-bond acceptors (Lipinski definition) is 2. The normalized spacial score (nSPS) is 10.9. The van der Waals surface area contributed by atoms with E-state index in [1.54, 1.807) is 18.2 Å². The van der Waals surface area contributed by atoms with Gasteiger partial charge < -0.3 is 10.1 Å². The van der Waals surface area contributed by atoms with Gasteiger partial charge in [-0.1, -0.05) is 29.8 Å². The van der Waals surface area contributed by atoms with Crippen molar-refractivity contribution in [2.45, 2.75) is 19.7 Å². The highest BCUT2D eigenvalue weighted by molar-refractivity contribution is 6.30. The van der Waals surface area contributed by atoms with Crippen LogP contribution in [-0.2, 0) is 13.1 Å². The van der Waals surface area contributed by atoms with Crippen LogP contribution < -0.4 is 10.1 Å². The highest BCUT2D eigenvalue weighted by Crippen LogP contribution is 2.24. The largest absolute Gasteiger partial charge is 0.434 e. The predicted octanol–water partition coefficient (Wildman–Crippen LogP) is 4.37. The Bertz CT molecular complexity index is 607. The van der Waals surface area contributed by atoms with E-state index < -0.39 is 6.61 Å². The highest BCUT2D eigenvalue weighted by atomic mass is 35.5. The molecule has 6 heteroatoms. The summed E-state index contributed by atoms with van der Waals surface area (Å²) in [6, 6.07) is 10.7. The van der Waals surface area contributed by atoms with Crippen molar-refractivity contribution < 1.29 is 17.9 Å². The molecule has 0 radical (unpaired) electrons. The molecule has 2 aromatic carbocycles. The molecule has 2 nitrogen and oxygen atoms in total. The van der Waals surface area contributed by atoms with Crippen LogP contribution >= 0.6 is 11.6 Å². The maximum absolute atomic E-state index is 13.4. The van der Waals surface area contributed by atoms with Crippen LogP contribution in [0.3, 0.4) is 0 Å². The molecule has 0 aliphatic heterocycles. The first-order chi connectivity index (χ1) is 10.1. The van der Waals surface area contributed by atoms with E-state index >= 15 is 0 Å². The molecule has 0 aliphatic rings. The van der Waals surface area contributed by atoms with E-state index in [1.807, 2.05) is 0 Å². The molecule has 0 spiro atoms. The maximum Gasteiger partial charge on any atom is 0.387 e. The first-order valence-corrected chi connectivity index (χ1v) is 6.61. The smallest absolute Gasteiger partial charge is 0.387 e. The number of alkyl halides is 2. The van der Waals surface area contributed by atoms with Crippen LogP contribution in [0.25, 0.3) is 0 Å². The lowest BCUT2D eigenvalue weighted by Gasteiger charge is -2.12. The molecule has 0 atom stereocenters. The van der Waals surface area contributed by atoms with Crippen molar-refractivity contribution in [2.24, 2.45) is 0 Å². The van der Waals surface area contributed by atoms with E-state index in [0.29, 0.717) is 16.1 Å². The monoisotopic (exact) mass is 315 g/mol. The van der Waals surface area contributed by atoms with Crippen LogP contribution in [0.5, 0.6) is 5.75 Å². The topological polar surface area (TPSA) is 21.3 Å². The van der Waals surface area contributed by atoms with Crippen LogP contribution in [0.15, 0.2) is 42.5 Å². The Kier molecular flexibility index (Phi) is 5.47. The van der Waals surface area contributed by atoms with E-state index in [-0.39, 0.29) is 24.7 Å². The lowest BCUT2D eigenvalue weighted by Crippen LogP contribution is -2.15. The third kappa shape index (κ3) is 4.65. The summed E-state index contributed by atoms with van der Waals surface area (Å²) in [4.78, 5) is 0. The summed E-state index contributed by atoms with van der Waals surface area (Å²) < 4.78 is 42.5. The quantitative estimate of drug-likeness (QED) is 0.854. The van der Waals surface area contributed by atoms with Gasteiger partial charge in [0.1, 0.15) is 11.6 Å². The van der Waals surface area contributed by atoms with Gasteiger partial charge in [0.25, 0.3) is 0 Å². The molecule has 0 unspecified atom stereocenters. The summed E-state index contributed by atoms with van der Waals surface area (Å²) in [5, 5.41) is 3.39. The fraction of sp³-hybridized carbons (Fsp3) is 0.200.